The third-order valence-electron chi connectivity index (χ3n) is 3.57. The summed E-state index contributed by atoms with van der Waals surface area (Å²) < 4.78 is 0. The zero-order chi connectivity index (χ0) is 11.1. The molecule has 0 bridgehead atoms. The molecule has 0 spiro atoms. The Balaban J connectivity index is 2.38. The highest BCUT2D eigenvalue weighted by Gasteiger charge is 2.21. The van der Waals surface area contributed by atoms with Crippen LogP contribution in [0.25, 0.3) is 0 Å². The molecule has 0 radical (unpaired) electrons. The summed E-state index contributed by atoms with van der Waals surface area (Å²) in [6.07, 6.45) is 6.42. The van der Waals surface area contributed by atoms with Crippen LogP contribution in [0.1, 0.15) is 39.0 Å². The van der Waals surface area contributed by atoms with E-state index in [0.717, 1.165) is 19.6 Å². The van der Waals surface area contributed by atoms with Crippen LogP contribution in [0.4, 0.5) is 0 Å². The smallest absolute Gasteiger partial charge is 0.0558 e. The molecule has 0 aliphatic heterocycles. The molecule has 3 N–H and O–H groups in total. The largest absolute Gasteiger partial charge is 0.395 e. The second kappa shape index (κ2) is 7.20. The van der Waals surface area contributed by atoms with Crippen molar-refractivity contribution in [3.63, 3.8) is 0 Å². The average Bonchev–Trinajstić information content (AvgIpc) is 2.43. The van der Waals surface area contributed by atoms with Gasteiger partial charge in [0.1, 0.15) is 0 Å². The molecule has 3 heteroatoms. The molecule has 1 aliphatic carbocycles. The van der Waals surface area contributed by atoms with Gasteiger partial charge in [-0.15, -0.1) is 0 Å². The van der Waals surface area contributed by atoms with Crippen molar-refractivity contribution >= 4 is 0 Å². The first kappa shape index (κ1) is 12.9. The monoisotopic (exact) mass is 214 g/mol. The van der Waals surface area contributed by atoms with E-state index in [1.807, 2.05) is 0 Å². The van der Waals surface area contributed by atoms with E-state index in [1.54, 1.807) is 0 Å². The normalized spacial score (nSPS) is 28.0. The van der Waals surface area contributed by atoms with Gasteiger partial charge in [-0.2, -0.15) is 0 Å². The van der Waals surface area contributed by atoms with Gasteiger partial charge in [0.15, 0.2) is 0 Å². The Labute approximate surface area is 93.6 Å². The molecule has 1 fully saturated rings. The summed E-state index contributed by atoms with van der Waals surface area (Å²) >= 11 is 0. The van der Waals surface area contributed by atoms with E-state index in [2.05, 4.69) is 11.8 Å². The number of aliphatic hydroxyl groups is 1. The Morgan fingerprint density at radius 2 is 2.00 bits per heavy atom. The Morgan fingerprint density at radius 3 is 2.67 bits per heavy atom. The fraction of sp³-hybridized carbons (Fsp3) is 1.00. The van der Waals surface area contributed by atoms with E-state index in [-0.39, 0.29) is 6.61 Å². The molecule has 0 saturated heterocycles. The fourth-order valence-electron chi connectivity index (χ4n) is 2.49. The van der Waals surface area contributed by atoms with Gasteiger partial charge in [0.2, 0.25) is 0 Å². The summed E-state index contributed by atoms with van der Waals surface area (Å²) in [6, 6.07) is 0.375. The zero-order valence-corrected chi connectivity index (χ0v) is 9.99. The topological polar surface area (TPSA) is 49.5 Å². The highest BCUT2D eigenvalue weighted by atomic mass is 16.3. The van der Waals surface area contributed by atoms with Crippen LogP contribution in [0.3, 0.4) is 0 Å². The molecule has 0 aromatic heterocycles. The first-order valence-corrected chi connectivity index (χ1v) is 6.36. The Morgan fingerprint density at radius 1 is 1.27 bits per heavy atom. The first-order valence-electron chi connectivity index (χ1n) is 6.36. The lowest BCUT2D eigenvalue weighted by molar-refractivity contribution is 0.169. The molecule has 90 valence electrons. The van der Waals surface area contributed by atoms with Crippen LogP contribution in [0.5, 0.6) is 0 Å². The molecule has 2 unspecified atom stereocenters. The van der Waals surface area contributed by atoms with Crippen molar-refractivity contribution in [1.82, 2.24) is 4.90 Å². The number of aliphatic hydroxyl groups excluding tert-OH is 1. The maximum absolute atomic E-state index is 8.95. The van der Waals surface area contributed by atoms with Crippen molar-refractivity contribution < 1.29 is 5.11 Å². The predicted octanol–water partition coefficient (Wildman–Crippen LogP) is 1.21. The molecule has 1 rings (SSSR count). The zero-order valence-electron chi connectivity index (χ0n) is 9.99. The van der Waals surface area contributed by atoms with E-state index in [1.165, 1.54) is 32.1 Å². The van der Waals surface area contributed by atoms with Gasteiger partial charge in [-0.05, 0) is 25.3 Å². The lowest BCUT2D eigenvalue weighted by Crippen LogP contribution is -2.39. The molecule has 2 atom stereocenters. The summed E-state index contributed by atoms with van der Waals surface area (Å²) in [5, 5.41) is 8.95. The average molecular weight is 214 g/mol. The second-order valence-corrected chi connectivity index (χ2v) is 4.68. The number of hydrogen-bond donors (Lipinski definition) is 2. The minimum atomic E-state index is 0.260. The molecule has 0 aromatic carbocycles. The summed E-state index contributed by atoms with van der Waals surface area (Å²) in [6.45, 7) is 5.29. The molecule has 1 aliphatic rings. The van der Waals surface area contributed by atoms with Gasteiger partial charge in [0.25, 0.3) is 0 Å². The maximum Gasteiger partial charge on any atom is 0.0558 e. The van der Waals surface area contributed by atoms with Crippen molar-refractivity contribution in [3.05, 3.63) is 0 Å². The van der Waals surface area contributed by atoms with Crippen LogP contribution in [-0.2, 0) is 0 Å². The van der Waals surface area contributed by atoms with Gasteiger partial charge >= 0.3 is 0 Å². The van der Waals surface area contributed by atoms with Crippen molar-refractivity contribution in [2.75, 3.05) is 26.2 Å². The van der Waals surface area contributed by atoms with Gasteiger partial charge in [0.05, 0.1) is 6.61 Å². The summed E-state index contributed by atoms with van der Waals surface area (Å²) in [7, 11) is 0. The maximum atomic E-state index is 8.95. The van der Waals surface area contributed by atoms with E-state index in [0.29, 0.717) is 12.0 Å². The van der Waals surface area contributed by atoms with Crippen molar-refractivity contribution in [2.45, 2.75) is 45.1 Å². The van der Waals surface area contributed by atoms with E-state index in [4.69, 9.17) is 10.8 Å². The van der Waals surface area contributed by atoms with Crippen LogP contribution < -0.4 is 5.73 Å². The first-order chi connectivity index (χ1) is 7.27. The molecule has 0 amide bonds. The standard InChI is InChI=1S/C12H26N2O/c1-2-14(8-9-15)10-11-6-4-3-5-7-12(11)13/h11-12,15H,2-10,13H2,1H3. The number of nitrogens with zero attached hydrogens (tertiary/aromatic N) is 1. The third kappa shape index (κ3) is 4.49. The summed E-state index contributed by atoms with van der Waals surface area (Å²) in [5.41, 5.74) is 6.19. The fourth-order valence-corrected chi connectivity index (χ4v) is 2.49. The number of likely N-dealkylation sites (N-methyl/N-ethyl adjacent to an activating group) is 1. The van der Waals surface area contributed by atoms with Crippen LogP contribution >= 0.6 is 0 Å². The van der Waals surface area contributed by atoms with Crippen LogP contribution in [0, 0.1) is 5.92 Å². The minimum Gasteiger partial charge on any atom is -0.395 e. The quantitative estimate of drug-likeness (QED) is 0.676. The molecular formula is C12H26N2O. The predicted molar refractivity (Wildman–Crippen MR) is 63.8 cm³/mol. The van der Waals surface area contributed by atoms with Gasteiger partial charge in [-0.3, -0.25) is 0 Å². The van der Waals surface area contributed by atoms with Crippen molar-refractivity contribution in [3.8, 4) is 0 Å². The Hall–Kier alpha value is -0.120. The third-order valence-corrected chi connectivity index (χ3v) is 3.57. The summed E-state index contributed by atoms with van der Waals surface area (Å²) in [5.74, 6) is 0.638. The van der Waals surface area contributed by atoms with E-state index in [9.17, 15) is 0 Å². The number of nitrogens with two attached hydrogens (primary N) is 1. The minimum absolute atomic E-state index is 0.260. The lowest BCUT2D eigenvalue weighted by Gasteiger charge is -2.28. The van der Waals surface area contributed by atoms with Crippen LogP contribution in [0.2, 0.25) is 0 Å². The molecule has 3 nitrogen and oxygen atoms in total. The molecule has 0 aromatic rings. The Kier molecular flexibility index (Phi) is 6.22. The van der Waals surface area contributed by atoms with Gasteiger partial charge in [-0.1, -0.05) is 26.2 Å². The van der Waals surface area contributed by atoms with E-state index < -0.39 is 0 Å². The van der Waals surface area contributed by atoms with E-state index >= 15 is 0 Å². The molecule has 15 heavy (non-hydrogen) atoms. The van der Waals surface area contributed by atoms with Crippen LogP contribution in [-0.4, -0.2) is 42.3 Å². The SMILES string of the molecule is CCN(CCO)CC1CCCCCC1N. The number of rotatable bonds is 5. The van der Waals surface area contributed by atoms with Crippen LogP contribution in [0.15, 0.2) is 0 Å². The van der Waals surface area contributed by atoms with Gasteiger partial charge in [-0.25, -0.2) is 0 Å². The second-order valence-electron chi connectivity index (χ2n) is 4.68. The molecule has 0 heterocycles. The van der Waals surface area contributed by atoms with Crippen molar-refractivity contribution in [2.24, 2.45) is 11.7 Å². The highest BCUT2D eigenvalue weighted by molar-refractivity contribution is 4.79. The summed E-state index contributed by atoms with van der Waals surface area (Å²) in [4.78, 5) is 2.32. The molecule has 1 saturated carbocycles. The lowest BCUT2D eigenvalue weighted by atomic mass is 9.95. The Bertz CT molecular complexity index is 164. The molecular weight excluding hydrogens is 188 g/mol. The highest BCUT2D eigenvalue weighted by Crippen LogP contribution is 2.22. The van der Waals surface area contributed by atoms with Gasteiger partial charge in [0, 0.05) is 19.1 Å². The number of hydrogen-bond acceptors (Lipinski definition) is 3. The van der Waals surface area contributed by atoms with Crippen molar-refractivity contribution in [1.29, 1.82) is 0 Å². The van der Waals surface area contributed by atoms with Gasteiger partial charge < -0.3 is 15.7 Å².